The molecule has 0 amide bonds. The van der Waals surface area contributed by atoms with Gasteiger partial charge in [-0.15, -0.1) is 10.2 Å². The molecule has 3 N–H and O–H groups in total. The van der Waals surface area contributed by atoms with Crippen LogP contribution < -0.4 is 5.73 Å². The lowest BCUT2D eigenvalue weighted by molar-refractivity contribution is -0.422. The molecule has 0 saturated heterocycles. The molecule has 19 heavy (non-hydrogen) atoms. The van der Waals surface area contributed by atoms with Crippen molar-refractivity contribution in [3.8, 4) is 5.82 Å². The molecule has 0 aliphatic rings. The van der Waals surface area contributed by atoms with E-state index in [1.807, 2.05) is 34.6 Å². The van der Waals surface area contributed by atoms with E-state index in [1.165, 1.54) is 6.33 Å². The highest BCUT2D eigenvalue weighted by Gasteiger charge is 2.14. The largest absolute Gasteiger partial charge is 0.349 e. The zero-order valence-electron chi connectivity index (χ0n) is 12.1. The van der Waals surface area contributed by atoms with Gasteiger partial charge in [0.25, 0.3) is 0 Å². The molecule has 2 aromatic rings. The maximum absolute atomic E-state index is 5.64. The average molecular weight is 286 g/mol. The molecule has 2 rings (SSSR count). The summed E-state index contributed by atoms with van der Waals surface area (Å²) >= 11 is 5.64. The van der Waals surface area contributed by atoms with E-state index in [0.717, 1.165) is 5.82 Å². The maximum Gasteiger partial charge on any atom is 0.191 e. The molecule has 106 valence electrons. The van der Waals surface area contributed by atoms with Gasteiger partial charge in [-0.25, -0.2) is 4.98 Å². The topological polar surface area (TPSA) is 84.1 Å². The van der Waals surface area contributed by atoms with Crippen molar-refractivity contribution in [2.75, 3.05) is 0 Å². The maximum atomic E-state index is 5.64. The summed E-state index contributed by atoms with van der Waals surface area (Å²) in [4.78, 5) is 4.10. The number of nitrogens with zero attached hydrogens (tertiary/aromatic N) is 5. The first-order valence-electron chi connectivity index (χ1n) is 6.41. The van der Waals surface area contributed by atoms with Crippen LogP contribution in [0.3, 0.4) is 0 Å². The Morgan fingerprint density at radius 3 is 2.26 bits per heavy atom. The first-order chi connectivity index (χ1) is 9.18. The fraction of sp³-hybridized carbons (Fsp3) is 0.500. The SMILES string of the molecule is CC.CC.CC([NH3+])c1ncnn1-c1ccc(Cl)nn1. The number of rotatable bonds is 2. The lowest BCUT2D eigenvalue weighted by atomic mass is 10.3. The predicted molar refractivity (Wildman–Crippen MR) is 76.0 cm³/mol. The third kappa shape index (κ3) is 4.92. The predicted octanol–water partition coefficient (Wildman–Crippen LogP) is 2.07. The van der Waals surface area contributed by atoms with Crippen molar-refractivity contribution in [2.24, 2.45) is 0 Å². The molecule has 2 heterocycles. The van der Waals surface area contributed by atoms with Gasteiger partial charge in [-0.05, 0) is 19.1 Å². The van der Waals surface area contributed by atoms with Gasteiger partial charge in [0.15, 0.2) is 16.8 Å². The van der Waals surface area contributed by atoms with Crippen LogP contribution in [0.25, 0.3) is 5.82 Å². The van der Waals surface area contributed by atoms with Gasteiger partial charge in [0.05, 0.1) is 0 Å². The van der Waals surface area contributed by atoms with Crippen LogP contribution >= 0.6 is 11.6 Å². The van der Waals surface area contributed by atoms with Crippen molar-refractivity contribution in [2.45, 2.75) is 40.7 Å². The summed E-state index contributed by atoms with van der Waals surface area (Å²) in [6.45, 7) is 9.93. The lowest BCUT2D eigenvalue weighted by Crippen LogP contribution is -2.52. The monoisotopic (exact) mass is 285 g/mol. The van der Waals surface area contributed by atoms with Crippen LogP contribution in [0.15, 0.2) is 18.5 Å². The van der Waals surface area contributed by atoms with E-state index in [1.54, 1.807) is 16.8 Å². The Balaban J connectivity index is 0.000000741. The number of hydrogen-bond acceptors (Lipinski definition) is 4. The first-order valence-corrected chi connectivity index (χ1v) is 6.79. The molecule has 1 atom stereocenters. The zero-order valence-corrected chi connectivity index (χ0v) is 12.9. The van der Waals surface area contributed by atoms with Crippen molar-refractivity contribution in [1.29, 1.82) is 0 Å². The number of quaternary nitrogens is 1. The normalized spacial score (nSPS) is 10.7. The van der Waals surface area contributed by atoms with Gasteiger partial charge in [0, 0.05) is 0 Å². The summed E-state index contributed by atoms with van der Waals surface area (Å²) < 4.78 is 1.60. The van der Waals surface area contributed by atoms with Crippen LogP contribution in [-0.2, 0) is 0 Å². The van der Waals surface area contributed by atoms with E-state index in [2.05, 4.69) is 26.0 Å². The minimum absolute atomic E-state index is 0.0324. The van der Waals surface area contributed by atoms with Crippen molar-refractivity contribution in [3.63, 3.8) is 0 Å². The summed E-state index contributed by atoms with van der Waals surface area (Å²) in [5.41, 5.74) is 3.89. The molecule has 0 spiro atoms. The molecule has 0 aliphatic carbocycles. The van der Waals surface area contributed by atoms with E-state index >= 15 is 0 Å². The van der Waals surface area contributed by atoms with Crippen LogP contribution in [0.1, 0.15) is 46.5 Å². The fourth-order valence-electron chi connectivity index (χ4n) is 1.18. The molecule has 0 radical (unpaired) electrons. The summed E-state index contributed by atoms with van der Waals surface area (Å²) in [5, 5.41) is 12.1. The van der Waals surface area contributed by atoms with Crippen molar-refractivity contribution in [1.82, 2.24) is 25.0 Å². The Morgan fingerprint density at radius 2 is 1.79 bits per heavy atom. The first kappa shape index (κ1) is 17.5. The number of halogens is 1. The van der Waals surface area contributed by atoms with Crippen LogP contribution in [0.5, 0.6) is 0 Å². The highest BCUT2D eigenvalue weighted by atomic mass is 35.5. The highest BCUT2D eigenvalue weighted by molar-refractivity contribution is 6.29. The fourth-order valence-corrected chi connectivity index (χ4v) is 1.29. The number of hydrogen-bond donors (Lipinski definition) is 1. The molecular weight excluding hydrogens is 264 g/mol. The van der Waals surface area contributed by atoms with Crippen LogP contribution in [0.2, 0.25) is 5.15 Å². The minimum Gasteiger partial charge on any atom is -0.349 e. The highest BCUT2D eigenvalue weighted by Crippen LogP contribution is 2.10. The van der Waals surface area contributed by atoms with Crippen LogP contribution in [0, 0.1) is 0 Å². The molecule has 2 aromatic heterocycles. The Labute approximate surface area is 119 Å². The molecule has 1 unspecified atom stereocenters. The Bertz CT molecular complexity index is 451. The molecule has 6 nitrogen and oxygen atoms in total. The molecule has 7 heteroatoms. The average Bonchev–Trinajstić information content (AvgIpc) is 2.94. The molecular formula is C12H22ClN6+. The lowest BCUT2D eigenvalue weighted by Gasteiger charge is -2.04. The van der Waals surface area contributed by atoms with E-state index in [0.29, 0.717) is 11.0 Å². The quantitative estimate of drug-likeness (QED) is 0.915. The van der Waals surface area contributed by atoms with Gasteiger partial charge >= 0.3 is 0 Å². The van der Waals surface area contributed by atoms with Gasteiger partial charge < -0.3 is 5.73 Å². The Morgan fingerprint density at radius 1 is 1.16 bits per heavy atom. The standard InChI is InChI=1S/C8H9ClN6.2C2H6/c1-5(10)8-11-4-12-15(8)7-3-2-6(9)13-14-7;2*1-2/h2-5H,10H2,1H3;2*1-2H3/p+1. The third-order valence-corrected chi connectivity index (χ3v) is 2.05. The van der Waals surface area contributed by atoms with E-state index in [-0.39, 0.29) is 6.04 Å². The molecule has 0 aromatic carbocycles. The Hall–Kier alpha value is -1.53. The van der Waals surface area contributed by atoms with Gasteiger partial charge in [-0.1, -0.05) is 39.3 Å². The zero-order chi connectivity index (χ0) is 14.8. The molecule has 0 fully saturated rings. The molecule has 0 bridgehead atoms. The van der Waals surface area contributed by atoms with Gasteiger partial charge in [0.1, 0.15) is 12.4 Å². The second kappa shape index (κ2) is 9.41. The third-order valence-electron chi connectivity index (χ3n) is 1.85. The molecule has 0 saturated carbocycles. The van der Waals surface area contributed by atoms with Gasteiger partial charge in [-0.2, -0.15) is 9.78 Å². The van der Waals surface area contributed by atoms with Gasteiger partial charge in [0.2, 0.25) is 0 Å². The van der Waals surface area contributed by atoms with Crippen molar-refractivity contribution >= 4 is 11.6 Å². The van der Waals surface area contributed by atoms with Crippen LogP contribution in [0.4, 0.5) is 0 Å². The minimum atomic E-state index is 0.0324. The van der Waals surface area contributed by atoms with Crippen molar-refractivity contribution < 1.29 is 5.73 Å². The van der Waals surface area contributed by atoms with Crippen molar-refractivity contribution in [3.05, 3.63) is 29.4 Å². The number of aromatic nitrogens is 5. The summed E-state index contributed by atoms with van der Waals surface area (Å²) in [6.07, 6.45) is 1.47. The summed E-state index contributed by atoms with van der Waals surface area (Å²) in [7, 11) is 0. The van der Waals surface area contributed by atoms with Gasteiger partial charge in [-0.3, -0.25) is 0 Å². The second-order valence-electron chi connectivity index (χ2n) is 3.15. The second-order valence-corrected chi connectivity index (χ2v) is 3.53. The molecule has 0 aliphatic heterocycles. The Kier molecular flexibility index (Phi) is 8.65. The van der Waals surface area contributed by atoms with E-state index in [9.17, 15) is 0 Å². The summed E-state index contributed by atoms with van der Waals surface area (Å²) in [6, 6.07) is 3.42. The van der Waals surface area contributed by atoms with Crippen LogP contribution in [-0.4, -0.2) is 25.0 Å². The van der Waals surface area contributed by atoms with E-state index < -0.39 is 0 Å². The smallest absolute Gasteiger partial charge is 0.191 e. The summed E-state index contributed by atoms with van der Waals surface area (Å²) in [5.74, 6) is 1.33. The van der Waals surface area contributed by atoms with E-state index in [4.69, 9.17) is 11.6 Å².